The highest BCUT2D eigenvalue weighted by molar-refractivity contribution is 8.76. The topological polar surface area (TPSA) is 219 Å². The summed E-state index contributed by atoms with van der Waals surface area (Å²) in [6, 6.07) is 0.139. The van der Waals surface area contributed by atoms with Gasteiger partial charge in [-0.3, -0.25) is 9.79 Å². The Morgan fingerprint density at radius 3 is 2.38 bits per heavy atom. The second-order valence-electron chi connectivity index (χ2n) is 28.6. The van der Waals surface area contributed by atoms with Crippen molar-refractivity contribution < 1.29 is 35.4 Å². The maximum atomic E-state index is 16.0. The summed E-state index contributed by atoms with van der Waals surface area (Å²) in [7, 11) is 5.57. The zero-order chi connectivity index (χ0) is 54.3. The first-order valence-corrected chi connectivity index (χ1v) is 33.8. The fourth-order valence-corrected chi connectivity index (χ4v) is 26.0. The third-order valence-electron chi connectivity index (χ3n) is 25.2. The lowest BCUT2D eigenvalue weighted by Gasteiger charge is -2.69. The fourth-order valence-electron chi connectivity index (χ4n) is 23.2. The molecule has 1 aliphatic heterocycles. The summed E-state index contributed by atoms with van der Waals surface area (Å²) in [6.07, 6.45) is 24.4. The number of rotatable bonds is 8. The van der Waals surface area contributed by atoms with Crippen LogP contribution in [0.2, 0.25) is 0 Å². The molecular weight excluding hydrogens is 1020 g/mol. The number of fused-ring (bicyclic) bond motifs is 10. The molecule has 4 bridgehead atoms. The van der Waals surface area contributed by atoms with Gasteiger partial charge in [0.25, 0.3) is 0 Å². The van der Waals surface area contributed by atoms with E-state index in [1.165, 1.54) is 44.1 Å². The van der Waals surface area contributed by atoms with Crippen molar-refractivity contribution in [2.24, 2.45) is 109 Å². The normalized spacial score (nSPS) is 46.2. The quantitative estimate of drug-likeness (QED) is 0.0396. The number of allylic oxidation sites excluding steroid dienone is 3. The molecule has 9 fully saturated rings. The van der Waals surface area contributed by atoms with E-state index in [-0.39, 0.29) is 101 Å². The van der Waals surface area contributed by atoms with Crippen LogP contribution < -0.4 is 16.4 Å². The molecule has 0 radical (unpaired) electrons. The number of aliphatic hydroxyl groups is 6. The number of aromatic nitrogens is 2. The van der Waals surface area contributed by atoms with Gasteiger partial charge >= 0.3 is 0 Å². The van der Waals surface area contributed by atoms with E-state index >= 15 is 9.90 Å². The second kappa shape index (κ2) is 20.5. The van der Waals surface area contributed by atoms with Crippen molar-refractivity contribution in [3.05, 3.63) is 52.7 Å². The summed E-state index contributed by atoms with van der Waals surface area (Å²) in [5.74, 6) is -0.770. The van der Waals surface area contributed by atoms with Gasteiger partial charge in [-0.1, -0.05) is 89.8 Å². The van der Waals surface area contributed by atoms with Crippen LogP contribution >= 0.6 is 21.6 Å². The van der Waals surface area contributed by atoms with E-state index in [0.29, 0.717) is 30.2 Å². The molecule has 0 amide bonds. The molecule has 11 aliphatic carbocycles. The van der Waals surface area contributed by atoms with Crippen molar-refractivity contribution in [1.29, 1.82) is 0 Å². The standard InChI is InChI=1S/C63H94N6O7S2/c1-34(71)68-58(64)67-29-42-44-18-17-39-38-14-10-15-40-49(38)51-55(41-16-11-21-60(52(40)41)19-8-9-20-60)59(2,3)26-37(69-23-22-66-33-69)31-78-77-30-36-24-45(50(39)57(51)75)62(44,32-70)63(36,76)46-25-47(72)54-43(28-65-4)56(74)48(73)27-61(54,53(42)46)35-12-6-5-7-13-35/h22-23,25,33-39,42-45,48,50-54,56-57,65,70-71,73-76H,5-21,24,26-32H2,1-4H3,(H3,64,67,68). The molecule has 1 spiro atoms. The highest BCUT2D eigenvalue weighted by Crippen LogP contribution is 2.79. The Kier molecular flexibility index (Phi) is 14.5. The Balaban J connectivity index is 1.06. The van der Waals surface area contributed by atoms with Crippen LogP contribution in [0.1, 0.15) is 155 Å². The predicted molar refractivity (Wildman–Crippen MR) is 307 cm³/mol. The summed E-state index contributed by atoms with van der Waals surface area (Å²) in [6.45, 7) is 6.96. The van der Waals surface area contributed by atoms with Gasteiger partial charge in [0, 0.05) is 78.0 Å². The number of hydrogen-bond acceptors (Lipinski definition) is 12. The molecule has 13 nitrogen and oxygen atoms in total. The number of ketones is 1. The third-order valence-corrected chi connectivity index (χ3v) is 27.7. The summed E-state index contributed by atoms with van der Waals surface area (Å²) in [5.41, 5.74) is 10.3. The van der Waals surface area contributed by atoms with Gasteiger partial charge in [-0.2, -0.15) is 0 Å². The molecule has 10 N–H and O–H groups in total. The average molecular weight is 1110 g/mol. The molecule has 1 saturated heterocycles. The number of aliphatic hydroxyl groups excluding tert-OH is 5. The monoisotopic (exact) mass is 1110 g/mol. The Labute approximate surface area is 472 Å². The molecular formula is C63H94N6O7S2. The largest absolute Gasteiger partial charge is 0.396 e. The van der Waals surface area contributed by atoms with E-state index in [0.717, 1.165) is 82.8 Å². The minimum Gasteiger partial charge on any atom is -0.396 e. The first kappa shape index (κ1) is 55.0. The van der Waals surface area contributed by atoms with Gasteiger partial charge in [0.2, 0.25) is 0 Å². The molecule has 20 atom stereocenters. The lowest BCUT2D eigenvalue weighted by molar-refractivity contribution is -0.229. The van der Waals surface area contributed by atoms with Crippen molar-refractivity contribution in [2.75, 3.05) is 38.2 Å². The lowest BCUT2D eigenvalue weighted by atomic mass is 9.35. The van der Waals surface area contributed by atoms with Crippen molar-refractivity contribution >= 4 is 33.3 Å². The number of aliphatic imine (C=N–C) groups is 1. The number of nitrogens with one attached hydrogen (secondary N) is 2. The number of guanidine groups is 1. The Morgan fingerprint density at radius 2 is 1.65 bits per heavy atom. The molecule has 78 heavy (non-hydrogen) atoms. The maximum absolute atomic E-state index is 16.0. The second-order valence-corrected chi connectivity index (χ2v) is 31.1. The molecule has 13 rings (SSSR count). The van der Waals surface area contributed by atoms with Crippen LogP contribution in [0.5, 0.6) is 0 Å². The fraction of sp³-hybridized carbons (Fsp3) is 0.825. The zero-order valence-corrected chi connectivity index (χ0v) is 48.8. The van der Waals surface area contributed by atoms with E-state index in [9.17, 15) is 25.5 Å². The number of nitrogens with zero attached hydrogens (tertiary/aromatic N) is 3. The highest BCUT2D eigenvalue weighted by Gasteiger charge is 2.80. The molecule has 12 aliphatic rings. The van der Waals surface area contributed by atoms with E-state index in [2.05, 4.69) is 40.2 Å². The summed E-state index contributed by atoms with van der Waals surface area (Å²) < 4.78 is 2.32. The summed E-state index contributed by atoms with van der Waals surface area (Å²) in [4.78, 5) is 25.8. The highest BCUT2D eigenvalue weighted by atomic mass is 33.1. The molecule has 2 heterocycles. The average Bonchev–Trinajstić information content (AvgIpc) is 3.30. The van der Waals surface area contributed by atoms with Crippen LogP contribution in [0, 0.1) is 98.6 Å². The van der Waals surface area contributed by atoms with Gasteiger partial charge in [0.15, 0.2) is 11.7 Å². The predicted octanol–water partition coefficient (Wildman–Crippen LogP) is 8.12. The number of hydrogen-bond donors (Lipinski definition) is 9. The summed E-state index contributed by atoms with van der Waals surface area (Å²) >= 11 is 0. The van der Waals surface area contributed by atoms with Crippen molar-refractivity contribution in [1.82, 2.24) is 20.2 Å². The Morgan fingerprint density at radius 1 is 0.897 bits per heavy atom. The zero-order valence-electron chi connectivity index (χ0n) is 47.2. The Bertz CT molecular complexity index is 2570. The van der Waals surface area contributed by atoms with Crippen molar-refractivity contribution in [2.45, 2.75) is 185 Å². The summed E-state index contributed by atoms with van der Waals surface area (Å²) in [5, 5.41) is 84.4. The smallest absolute Gasteiger partial charge is 0.190 e. The number of carbonyl (C=O) groups is 1. The third kappa shape index (κ3) is 7.88. The van der Waals surface area contributed by atoms with Crippen LogP contribution in [0.4, 0.5) is 0 Å². The number of nitrogens with two attached hydrogens (primary N) is 1. The van der Waals surface area contributed by atoms with Crippen molar-refractivity contribution in [3.63, 3.8) is 0 Å². The van der Waals surface area contributed by atoms with E-state index in [1.807, 2.05) is 47.2 Å². The molecule has 1 aromatic rings. The van der Waals surface area contributed by atoms with Crippen LogP contribution in [0.3, 0.4) is 0 Å². The Hall–Kier alpha value is -2.21. The minimum atomic E-state index is -1.64. The van der Waals surface area contributed by atoms with Crippen LogP contribution in [0.25, 0.3) is 0 Å². The van der Waals surface area contributed by atoms with Crippen LogP contribution in [0.15, 0.2) is 57.7 Å². The van der Waals surface area contributed by atoms with E-state index < -0.39 is 58.7 Å². The van der Waals surface area contributed by atoms with E-state index in [1.54, 1.807) is 23.6 Å². The van der Waals surface area contributed by atoms with Crippen molar-refractivity contribution in [3.8, 4) is 0 Å². The van der Waals surface area contributed by atoms with Gasteiger partial charge < -0.3 is 51.6 Å². The molecule has 430 valence electrons. The van der Waals surface area contributed by atoms with Gasteiger partial charge in [0.1, 0.15) is 6.23 Å². The minimum absolute atomic E-state index is 0.0368. The van der Waals surface area contributed by atoms with Gasteiger partial charge in [0.05, 0.1) is 36.8 Å². The molecule has 15 heteroatoms. The molecule has 1 aromatic heterocycles. The SMILES string of the molecule is CNCC1C(O)C(O)CC2(C3CCCCC3)C1C(=O)C=C1C2C(CN=C(N)NC(C)O)C2CCC3C4CCCC5=C4C4C(=C6CCCC7(CCCC7)C56)C(C)(C)CC(n5ccnc5)CSSCC5CC(C3C4O)C2(CO)C15O. The molecule has 0 aromatic carbocycles. The van der Waals surface area contributed by atoms with Gasteiger partial charge in [-0.15, -0.1) is 0 Å². The van der Waals surface area contributed by atoms with Gasteiger partial charge in [-0.05, 0) is 186 Å². The van der Waals surface area contributed by atoms with E-state index in [4.69, 9.17) is 10.7 Å². The first-order chi connectivity index (χ1) is 37.6. The van der Waals surface area contributed by atoms with Crippen LogP contribution in [-0.2, 0) is 4.79 Å². The molecule has 8 saturated carbocycles. The lowest BCUT2D eigenvalue weighted by Crippen LogP contribution is -2.73. The number of carbonyl (C=O) groups excluding carboxylic acids is 1. The molecule has 20 unspecified atom stereocenters. The number of imidazole rings is 1. The first-order valence-electron chi connectivity index (χ1n) is 31.3. The maximum Gasteiger partial charge on any atom is 0.190 e. The van der Waals surface area contributed by atoms with Crippen LogP contribution in [-0.4, -0.2) is 120 Å². The van der Waals surface area contributed by atoms with Gasteiger partial charge in [-0.25, -0.2) is 4.98 Å².